The number of aryl methyl sites for hydroxylation is 1. The molecule has 4 rings (SSSR count). The molecule has 0 aliphatic rings. The molecule has 0 saturated heterocycles. The molecule has 7 nitrogen and oxygen atoms in total. The number of carbonyl (C=O) groups is 1. The largest absolute Gasteiger partial charge is 0.300 e. The van der Waals surface area contributed by atoms with Crippen LogP contribution in [-0.4, -0.2) is 25.9 Å². The Labute approximate surface area is 175 Å². The van der Waals surface area contributed by atoms with Crippen molar-refractivity contribution in [1.82, 2.24) is 20.0 Å². The Bertz CT molecular complexity index is 1270. The maximum atomic E-state index is 12.4. The van der Waals surface area contributed by atoms with Gasteiger partial charge in [-0.25, -0.2) is 9.67 Å². The first kappa shape index (κ1) is 19.2. The van der Waals surface area contributed by atoms with E-state index in [-0.39, 0.29) is 12.1 Å². The lowest BCUT2D eigenvalue weighted by Crippen LogP contribution is -2.30. The minimum Gasteiger partial charge on any atom is -0.300 e. The standard InChI is InChI=1S/C20H16ClN5O2S/c1-12-6-7-13(9-16(12)21)8-14-10-22-20(29-14)23-18(27)11-26-19(28)15-4-2-3-5-17(15)24-25-26/h2-7,9-10H,8,11H2,1H3,(H,22,23,27). The Morgan fingerprint density at radius 1 is 1.24 bits per heavy atom. The summed E-state index contributed by atoms with van der Waals surface area (Å²) in [7, 11) is 0. The number of hydrogen-bond donors (Lipinski definition) is 1. The summed E-state index contributed by atoms with van der Waals surface area (Å²) >= 11 is 7.55. The van der Waals surface area contributed by atoms with Crippen LogP contribution in [0.5, 0.6) is 0 Å². The molecule has 0 spiro atoms. The second kappa shape index (κ2) is 8.10. The minimum absolute atomic E-state index is 0.237. The first-order valence-corrected chi connectivity index (χ1v) is 10.0. The number of nitrogens with one attached hydrogen (secondary N) is 1. The monoisotopic (exact) mass is 425 g/mol. The van der Waals surface area contributed by atoms with Gasteiger partial charge in [-0.2, -0.15) is 0 Å². The highest BCUT2D eigenvalue weighted by Gasteiger charge is 2.12. The number of anilines is 1. The molecule has 0 fully saturated rings. The molecular weight excluding hydrogens is 410 g/mol. The fourth-order valence-electron chi connectivity index (χ4n) is 2.82. The SMILES string of the molecule is Cc1ccc(Cc2cnc(NC(=O)Cn3nnc4ccccc4c3=O)s2)cc1Cl. The smallest absolute Gasteiger partial charge is 0.278 e. The van der Waals surface area contributed by atoms with Crippen LogP contribution >= 0.6 is 22.9 Å². The molecule has 0 unspecified atom stereocenters. The summed E-state index contributed by atoms with van der Waals surface area (Å²) < 4.78 is 1.04. The number of hydrogen-bond acceptors (Lipinski definition) is 6. The molecule has 2 heterocycles. The lowest BCUT2D eigenvalue weighted by Gasteiger charge is -2.04. The van der Waals surface area contributed by atoms with Crippen LogP contribution < -0.4 is 10.9 Å². The molecule has 0 bridgehead atoms. The first-order valence-electron chi connectivity index (χ1n) is 8.82. The van der Waals surface area contributed by atoms with E-state index in [0.717, 1.165) is 25.7 Å². The van der Waals surface area contributed by atoms with Gasteiger partial charge in [0.15, 0.2) is 5.13 Å². The van der Waals surface area contributed by atoms with Gasteiger partial charge >= 0.3 is 0 Å². The predicted octanol–water partition coefficient (Wildman–Crippen LogP) is 3.44. The average Bonchev–Trinajstić information content (AvgIpc) is 3.14. The quantitative estimate of drug-likeness (QED) is 0.529. The van der Waals surface area contributed by atoms with E-state index < -0.39 is 5.91 Å². The minimum atomic E-state index is -0.393. The van der Waals surface area contributed by atoms with Crippen molar-refractivity contribution in [3.05, 3.63) is 80.0 Å². The van der Waals surface area contributed by atoms with Crippen LogP contribution in [0.2, 0.25) is 5.02 Å². The third-order valence-corrected chi connectivity index (χ3v) is 5.66. The van der Waals surface area contributed by atoms with Crippen LogP contribution in [-0.2, 0) is 17.8 Å². The zero-order valence-electron chi connectivity index (χ0n) is 15.4. The first-order chi connectivity index (χ1) is 14.0. The van der Waals surface area contributed by atoms with Gasteiger partial charge in [-0.3, -0.25) is 9.59 Å². The summed E-state index contributed by atoms with van der Waals surface area (Å²) in [5.74, 6) is -0.393. The van der Waals surface area contributed by atoms with Crippen LogP contribution in [0.25, 0.3) is 10.9 Å². The van der Waals surface area contributed by atoms with Crippen molar-refractivity contribution in [2.45, 2.75) is 19.9 Å². The molecule has 9 heteroatoms. The third-order valence-electron chi connectivity index (χ3n) is 4.34. The second-order valence-electron chi connectivity index (χ2n) is 6.51. The topological polar surface area (TPSA) is 89.8 Å². The van der Waals surface area contributed by atoms with E-state index in [9.17, 15) is 9.59 Å². The van der Waals surface area contributed by atoms with Crippen LogP contribution in [0.3, 0.4) is 0 Å². The van der Waals surface area contributed by atoms with Gasteiger partial charge in [0.1, 0.15) is 12.1 Å². The molecule has 0 radical (unpaired) electrons. The summed E-state index contributed by atoms with van der Waals surface area (Å²) in [5.41, 5.74) is 2.23. The van der Waals surface area contributed by atoms with E-state index >= 15 is 0 Å². The van der Waals surface area contributed by atoms with Crippen molar-refractivity contribution >= 4 is 44.9 Å². The Morgan fingerprint density at radius 2 is 2.07 bits per heavy atom. The van der Waals surface area contributed by atoms with E-state index in [4.69, 9.17) is 11.6 Å². The highest BCUT2D eigenvalue weighted by molar-refractivity contribution is 7.15. The fourth-order valence-corrected chi connectivity index (χ4v) is 3.88. The van der Waals surface area contributed by atoms with Crippen molar-refractivity contribution in [2.24, 2.45) is 0 Å². The summed E-state index contributed by atoms with van der Waals surface area (Å²) in [6.07, 6.45) is 2.39. The average molecular weight is 426 g/mol. The van der Waals surface area contributed by atoms with E-state index in [1.807, 2.05) is 25.1 Å². The summed E-state index contributed by atoms with van der Waals surface area (Å²) in [4.78, 5) is 30.0. The molecular formula is C20H16ClN5O2S. The van der Waals surface area contributed by atoms with E-state index in [2.05, 4.69) is 20.6 Å². The molecule has 2 aromatic heterocycles. The van der Waals surface area contributed by atoms with Crippen molar-refractivity contribution in [2.75, 3.05) is 5.32 Å². The van der Waals surface area contributed by atoms with Gasteiger partial charge in [-0.1, -0.05) is 41.1 Å². The number of carbonyl (C=O) groups excluding carboxylic acids is 1. The molecule has 1 N–H and O–H groups in total. The van der Waals surface area contributed by atoms with E-state index in [1.165, 1.54) is 11.3 Å². The molecule has 2 aromatic carbocycles. The number of nitrogens with zero attached hydrogens (tertiary/aromatic N) is 4. The van der Waals surface area contributed by atoms with Gasteiger partial charge in [-0.15, -0.1) is 16.4 Å². The van der Waals surface area contributed by atoms with Crippen molar-refractivity contribution in [3.8, 4) is 0 Å². The Hall–Kier alpha value is -3.10. The number of halogens is 1. The normalized spacial score (nSPS) is 11.0. The van der Waals surface area contributed by atoms with Crippen LogP contribution in [0.15, 0.2) is 53.5 Å². The van der Waals surface area contributed by atoms with Gasteiger partial charge in [0.05, 0.1) is 5.39 Å². The van der Waals surface area contributed by atoms with Crippen LogP contribution in [0, 0.1) is 6.92 Å². The maximum Gasteiger partial charge on any atom is 0.278 e. The van der Waals surface area contributed by atoms with E-state index in [0.29, 0.717) is 22.5 Å². The molecule has 0 atom stereocenters. The number of thiazole rings is 1. The number of fused-ring (bicyclic) bond motifs is 1. The van der Waals surface area contributed by atoms with E-state index in [1.54, 1.807) is 30.5 Å². The number of aromatic nitrogens is 4. The van der Waals surface area contributed by atoms with Gasteiger partial charge in [0, 0.05) is 22.5 Å². The number of benzene rings is 2. The predicted molar refractivity (Wildman–Crippen MR) is 114 cm³/mol. The zero-order chi connectivity index (χ0) is 20.4. The molecule has 0 saturated carbocycles. The molecule has 146 valence electrons. The number of amides is 1. The zero-order valence-corrected chi connectivity index (χ0v) is 17.0. The molecule has 1 amide bonds. The van der Waals surface area contributed by atoms with Crippen LogP contribution in [0.4, 0.5) is 5.13 Å². The highest BCUT2D eigenvalue weighted by Crippen LogP contribution is 2.23. The summed E-state index contributed by atoms with van der Waals surface area (Å²) in [6, 6.07) is 12.8. The highest BCUT2D eigenvalue weighted by atomic mass is 35.5. The Morgan fingerprint density at radius 3 is 2.90 bits per heavy atom. The van der Waals surface area contributed by atoms with Crippen molar-refractivity contribution < 1.29 is 4.79 Å². The van der Waals surface area contributed by atoms with Gasteiger partial charge < -0.3 is 5.32 Å². The summed E-state index contributed by atoms with van der Waals surface area (Å²) in [6.45, 7) is 1.72. The fraction of sp³-hybridized carbons (Fsp3) is 0.150. The van der Waals surface area contributed by atoms with Gasteiger partial charge in [0.2, 0.25) is 5.91 Å². The summed E-state index contributed by atoms with van der Waals surface area (Å²) in [5, 5.41) is 12.1. The maximum absolute atomic E-state index is 12.4. The number of rotatable bonds is 5. The van der Waals surface area contributed by atoms with Gasteiger partial charge in [-0.05, 0) is 36.2 Å². The third kappa shape index (κ3) is 4.33. The molecule has 0 aliphatic carbocycles. The lowest BCUT2D eigenvalue weighted by atomic mass is 10.1. The van der Waals surface area contributed by atoms with Gasteiger partial charge in [0.25, 0.3) is 5.56 Å². The molecule has 0 aliphatic heterocycles. The Kier molecular flexibility index (Phi) is 5.37. The molecule has 4 aromatic rings. The molecule has 29 heavy (non-hydrogen) atoms. The second-order valence-corrected chi connectivity index (χ2v) is 8.03. The van der Waals surface area contributed by atoms with Crippen LogP contribution in [0.1, 0.15) is 16.0 Å². The Balaban J connectivity index is 1.43. The van der Waals surface area contributed by atoms with Crippen molar-refractivity contribution in [1.29, 1.82) is 0 Å². The van der Waals surface area contributed by atoms with Crippen molar-refractivity contribution in [3.63, 3.8) is 0 Å². The lowest BCUT2D eigenvalue weighted by molar-refractivity contribution is -0.117.